The predicted molar refractivity (Wildman–Crippen MR) is 127 cm³/mol. The monoisotopic (exact) mass is 518 g/mol. The number of nitrogens with zero attached hydrogens (tertiary/aromatic N) is 2. The highest BCUT2D eigenvalue weighted by Crippen LogP contribution is 2.20. The molecule has 0 bridgehead atoms. The molecule has 0 atom stereocenters. The molecule has 1 aromatic carbocycles. The molecule has 1 aliphatic heterocycles. The first kappa shape index (κ1) is 25.5. The number of likely N-dealkylation sites (tertiary alicyclic amines) is 1. The number of ether oxygens (including phenoxy) is 2. The summed E-state index contributed by atoms with van der Waals surface area (Å²) in [6.45, 7) is 6.54. The highest BCUT2D eigenvalue weighted by Gasteiger charge is 2.23. The number of hydrogen-bond acceptors (Lipinski definition) is 4. The number of methoxy groups -OCH3 is 1. The summed E-state index contributed by atoms with van der Waals surface area (Å²) < 4.78 is 10.6. The van der Waals surface area contributed by atoms with Crippen LogP contribution in [-0.4, -0.2) is 63.8 Å². The van der Waals surface area contributed by atoms with Crippen molar-refractivity contribution in [3.8, 4) is 5.75 Å². The summed E-state index contributed by atoms with van der Waals surface area (Å²) in [6.07, 6.45) is 2.66. The Morgan fingerprint density at radius 2 is 1.90 bits per heavy atom. The molecule has 0 saturated carbocycles. The van der Waals surface area contributed by atoms with Crippen molar-refractivity contribution in [1.82, 2.24) is 15.5 Å². The lowest BCUT2D eigenvalue weighted by atomic mass is 9.93. The van der Waals surface area contributed by atoms with E-state index in [9.17, 15) is 4.79 Å². The zero-order valence-electron chi connectivity index (χ0n) is 17.8. The molecule has 2 rings (SSSR count). The standard InChI is InChI=1S/C21H34N4O3.HI/c1-4-23-21(25-11-9-17(10-12-25)15-20(26)22-2)24-16-18-5-7-19(8-6-18)28-14-13-27-3;/h5-8,17H,4,9-16H2,1-3H3,(H,22,26)(H,23,24);1H. The minimum atomic E-state index is 0. The normalized spacial score (nSPS) is 14.9. The number of piperidine rings is 1. The quantitative estimate of drug-likeness (QED) is 0.228. The number of benzene rings is 1. The summed E-state index contributed by atoms with van der Waals surface area (Å²) >= 11 is 0. The maximum atomic E-state index is 11.6. The zero-order valence-corrected chi connectivity index (χ0v) is 20.1. The van der Waals surface area contributed by atoms with Gasteiger partial charge in [0.25, 0.3) is 0 Å². The zero-order chi connectivity index (χ0) is 20.2. The first-order valence-corrected chi connectivity index (χ1v) is 10.1. The third-order valence-electron chi connectivity index (χ3n) is 4.89. The third-order valence-corrected chi connectivity index (χ3v) is 4.89. The summed E-state index contributed by atoms with van der Waals surface area (Å²) in [4.78, 5) is 18.7. The van der Waals surface area contributed by atoms with E-state index in [0.717, 1.165) is 49.7 Å². The van der Waals surface area contributed by atoms with Crippen molar-refractivity contribution in [3.63, 3.8) is 0 Å². The average Bonchev–Trinajstić information content (AvgIpc) is 2.73. The Bertz CT molecular complexity index is 617. The molecule has 0 unspecified atom stereocenters. The molecule has 7 nitrogen and oxygen atoms in total. The van der Waals surface area contributed by atoms with Gasteiger partial charge in [-0.15, -0.1) is 24.0 Å². The second kappa shape index (κ2) is 14.4. The smallest absolute Gasteiger partial charge is 0.220 e. The molecule has 1 fully saturated rings. The van der Waals surface area contributed by atoms with Gasteiger partial charge in [-0.3, -0.25) is 4.79 Å². The lowest BCUT2D eigenvalue weighted by Gasteiger charge is -2.34. The topological polar surface area (TPSA) is 75.2 Å². The van der Waals surface area contributed by atoms with Crippen molar-refractivity contribution in [1.29, 1.82) is 0 Å². The van der Waals surface area contributed by atoms with Gasteiger partial charge < -0.3 is 25.0 Å². The SMILES string of the molecule is CCNC(=NCc1ccc(OCCOC)cc1)N1CCC(CC(=O)NC)CC1.I. The molecule has 29 heavy (non-hydrogen) atoms. The Hall–Kier alpha value is -1.55. The van der Waals surface area contributed by atoms with Crippen LogP contribution in [-0.2, 0) is 16.1 Å². The van der Waals surface area contributed by atoms with Crippen LogP contribution >= 0.6 is 24.0 Å². The number of amides is 1. The first-order chi connectivity index (χ1) is 13.7. The van der Waals surface area contributed by atoms with Gasteiger partial charge in [0.2, 0.25) is 5.91 Å². The molecule has 0 radical (unpaired) electrons. The van der Waals surface area contributed by atoms with E-state index >= 15 is 0 Å². The van der Waals surface area contributed by atoms with E-state index in [1.165, 1.54) is 0 Å². The van der Waals surface area contributed by atoms with Crippen molar-refractivity contribution >= 4 is 35.8 Å². The number of guanidine groups is 1. The van der Waals surface area contributed by atoms with E-state index in [0.29, 0.717) is 32.1 Å². The lowest BCUT2D eigenvalue weighted by Crippen LogP contribution is -2.46. The van der Waals surface area contributed by atoms with Gasteiger partial charge in [0.1, 0.15) is 12.4 Å². The number of halogens is 1. The van der Waals surface area contributed by atoms with Crippen molar-refractivity contribution in [3.05, 3.63) is 29.8 Å². The molecule has 1 aromatic rings. The van der Waals surface area contributed by atoms with Crippen molar-refractivity contribution in [2.45, 2.75) is 32.7 Å². The van der Waals surface area contributed by atoms with Crippen LogP contribution in [0, 0.1) is 5.92 Å². The maximum absolute atomic E-state index is 11.6. The minimum absolute atomic E-state index is 0. The highest BCUT2D eigenvalue weighted by atomic mass is 127. The number of nitrogens with one attached hydrogen (secondary N) is 2. The van der Waals surface area contributed by atoms with Gasteiger partial charge in [-0.1, -0.05) is 12.1 Å². The largest absolute Gasteiger partial charge is 0.491 e. The molecule has 1 amide bonds. The molecule has 164 valence electrons. The van der Waals surface area contributed by atoms with Gasteiger partial charge >= 0.3 is 0 Å². The molecule has 1 heterocycles. The van der Waals surface area contributed by atoms with Gasteiger partial charge in [0.05, 0.1) is 13.2 Å². The van der Waals surface area contributed by atoms with Crippen molar-refractivity contribution < 1.29 is 14.3 Å². The average molecular weight is 518 g/mol. The molecule has 1 aliphatic rings. The van der Waals surface area contributed by atoms with E-state index in [-0.39, 0.29) is 29.9 Å². The Morgan fingerprint density at radius 3 is 2.48 bits per heavy atom. The summed E-state index contributed by atoms with van der Waals surface area (Å²) in [6, 6.07) is 8.03. The van der Waals surface area contributed by atoms with Gasteiger partial charge in [-0.25, -0.2) is 4.99 Å². The van der Waals surface area contributed by atoms with Gasteiger partial charge in [-0.2, -0.15) is 0 Å². The second-order valence-electron chi connectivity index (χ2n) is 6.96. The lowest BCUT2D eigenvalue weighted by molar-refractivity contribution is -0.121. The number of rotatable bonds is 9. The van der Waals surface area contributed by atoms with Gasteiger partial charge in [0.15, 0.2) is 5.96 Å². The Kier molecular flexibility index (Phi) is 12.7. The van der Waals surface area contributed by atoms with Gasteiger partial charge in [-0.05, 0) is 43.4 Å². The molecule has 0 aliphatic carbocycles. The summed E-state index contributed by atoms with van der Waals surface area (Å²) in [7, 11) is 3.36. The molecule has 8 heteroatoms. The van der Waals surface area contributed by atoms with Crippen LogP contribution in [0.2, 0.25) is 0 Å². The second-order valence-corrected chi connectivity index (χ2v) is 6.96. The minimum Gasteiger partial charge on any atom is -0.491 e. The third kappa shape index (κ3) is 9.20. The number of aliphatic imine (C=N–C) groups is 1. The van der Waals surface area contributed by atoms with Crippen LogP contribution in [0.5, 0.6) is 5.75 Å². The van der Waals surface area contributed by atoms with Crippen LogP contribution in [0.1, 0.15) is 31.7 Å². The first-order valence-electron chi connectivity index (χ1n) is 10.1. The summed E-state index contributed by atoms with van der Waals surface area (Å²) in [5, 5.41) is 6.11. The predicted octanol–water partition coefficient (Wildman–Crippen LogP) is 2.64. The van der Waals surface area contributed by atoms with E-state index in [1.54, 1.807) is 14.2 Å². The number of carbonyl (C=O) groups excluding carboxylic acids is 1. The Balaban J connectivity index is 0.00000420. The molecular formula is C21H35IN4O3. The fraction of sp³-hybridized carbons (Fsp3) is 0.619. The highest BCUT2D eigenvalue weighted by molar-refractivity contribution is 14.0. The van der Waals surface area contributed by atoms with Crippen LogP contribution in [0.15, 0.2) is 29.3 Å². The van der Waals surface area contributed by atoms with E-state index in [2.05, 4.69) is 22.5 Å². The van der Waals surface area contributed by atoms with Crippen molar-refractivity contribution in [2.24, 2.45) is 10.9 Å². The van der Waals surface area contributed by atoms with Crippen LogP contribution in [0.3, 0.4) is 0 Å². The Morgan fingerprint density at radius 1 is 1.21 bits per heavy atom. The van der Waals surface area contributed by atoms with E-state index in [4.69, 9.17) is 14.5 Å². The molecule has 0 spiro atoms. The number of hydrogen-bond donors (Lipinski definition) is 2. The van der Waals surface area contributed by atoms with Crippen molar-refractivity contribution in [2.75, 3.05) is 47.0 Å². The molecule has 2 N–H and O–H groups in total. The van der Waals surface area contributed by atoms with Crippen LogP contribution in [0.25, 0.3) is 0 Å². The Labute approximate surface area is 191 Å². The van der Waals surface area contributed by atoms with Gasteiger partial charge in [0, 0.05) is 40.2 Å². The summed E-state index contributed by atoms with van der Waals surface area (Å²) in [5.41, 5.74) is 1.14. The van der Waals surface area contributed by atoms with E-state index in [1.807, 2.05) is 24.3 Å². The van der Waals surface area contributed by atoms with E-state index < -0.39 is 0 Å². The van der Waals surface area contributed by atoms with Crippen LogP contribution in [0.4, 0.5) is 0 Å². The maximum Gasteiger partial charge on any atom is 0.220 e. The molecule has 0 aromatic heterocycles. The number of carbonyl (C=O) groups is 1. The fourth-order valence-corrected chi connectivity index (χ4v) is 3.24. The molecule has 1 saturated heterocycles. The summed E-state index contributed by atoms with van der Waals surface area (Å²) in [5.74, 6) is 2.38. The fourth-order valence-electron chi connectivity index (χ4n) is 3.24. The van der Waals surface area contributed by atoms with Crippen LogP contribution < -0.4 is 15.4 Å². The molecular weight excluding hydrogens is 483 g/mol.